The van der Waals surface area contributed by atoms with E-state index in [1.165, 1.54) is 12.1 Å². The molecule has 0 aliphatic carbocycles. The fourth-order valence-corrected chi connectivity index (χ4v) is 2.74. The minimum Gasteiger partial charge on any atom is -0.368 e. The molecule has 0 saturated carbocycles. The highest BCUT2D eigenvalue weighted by molar-refractivity contribution is 6.36. The van der Waals surface area contributed by atoms with Gasteiger partial charge in [-0.3, -0.25) is 4.79 Å². The van der Waals surface area contributed by atoms with Gasteiger partial charge in [-0.25, -0.2) is 0 Å². The van der Waals surface area contributed by atoms with Crippen LogP contribution in [-0.4, -0.2) is 20.7 Å². The van der Waals surface area contributed by atoms with Gasteiger partial charge >= 0.3 is 0 Å². The van der Waals surface area contributed by atoms with Crippen molar-refractivity contribution in [2.45, 2.75) is 13.8 Å². The fourth-order valence-electron chi connectivity index (χ4n) is 2.25. The molecular weight excluding hydrogens is 347 g/mol. The SMILES string of the molecule is Cc1ccc(-c2nc(N)n(C(=O)c3ccc(Cl)cc3Cl)n2)cc1C. The summed E-state index contributed by atoms with van der Waals surface area (Å²) < 4.78 is 1.04. The minimum atomic E-state index is -0.461. The number of anilines is 1. The van der Waals surface area contributed by atoms with Gasteiger partial charge in [-0.1, -0.05) is 35.3 Å². The van der Waals surface area contributed by atoms with E-state index < -0.39 is 5.91 Å². The number of nitrogens with two attached hydrogens (primary N) is 1. The first-order valence-corrected chi connectivity index (χ1v) is 7.92. The molecule has 0 radical (unpaired) electrons. The number of aromatic nitrogens is 3. The summed E-state index contributed by atoms with van der Waals surface area (Å²) in [6.45, 7) is 4.02. The van der Waals surface area contributed by atoms with Crippen LogP contribution in [0.25, 0.3) is 11.4 Å². The molecule has 24 heavy (non-hydrogen) atoms. The van der Waals surface area contributed by atoms with Crippen LogP contribution < -0.4 is 5.73 Å². The monoisotopic (exact) mass is 360 g/mol. The summed E-state index contributed by atoms with van der Waals surface area (Å²) >= 11 is 11.9. The number of hydrogen-bond acceptors (Lipinski definition) is 4. The second kappa shape index (κ2) is 6.26. The van der Waals surface area contributed by atoms with Crippen molar-refractivity contribution in [1.82, 2.24) is 14.8 Å². The molecule has 0 aliphatic heterocycles. The molecule has 0 fully saturated rings. The predicted octanol–water partition coefficient (Wildman–Crippen LogP) is 4.14. The Kier molecular flexibility index (Phi) is 4.30. The average Bonchev–Trinajstić information content (AvgIpc) is 2.91. The van der Waals surface area contributed by atoms with Crippen molar-refractivity contribution in [3.8, 4) is 11.4 Å². The third-order valence-corrected chi connectivity index (χ3v) is 4.30. The number of rotatable bonds is 2. The number of benzene rings is 2. The lowest BCUT2D eigenvalue weighted by atomic mass is 10.1. The van der Waals surface area contributed by atoms with Gasteiger partial charge in [-0.2, -0.15) is 9.67 Å². The third kappa shape index (κ3) is 3.00. The van der Waals surface area contributed by atoms with Crippen LogP contribution >= 0.6 is 23.2 Å². The van der Waals surface area contributed by atoms with Crippen LogP contribution in [0.1, 0.15) is 21.5 Å². The van der Waals surface area contributed by atoms with Crippen molar-refractivity contribution in [2.75, 3.05) is 5.73 Å². The molecule has 0 spiro atoms. The molecule has 5 nitrogen and oxygen atoms in total. The second-order valence-electron chi connectivity index (χ2n) is 5.43. The van der Waals surface area contributed by atoms with E-state index in [-0.39, 0.29) is 16.5 Å². The summed E-state index contributed by atoms with van der Waals surface area (Å²) in [4.78, 5) is 16.8. The minimum absolute atomic E-state index is 0.000699. The zero-order valence-electron chi connectivity index (χ0n) is 13.0. The summed E-state index contributed by atoms with van der Waals surface area (Å²) in [5, 5.41) is 4.91. The molecule has 0 saturated heterocycles. The first-order chi connectivity index (χ1) is 11.4. The summed E-state index contributed by atoms with van der Waals surface area (Å²) in [5.74, 6) is -0.0787. The molecule has 0 aliphatic rings. The predicted molar refractivity (Wildman–Crippen MR) is 95.5 cm³/mol. The molecule has 2 N–H and O–H groups in total. The van der Waals surface area contributed by atoms with Crippen molar-refractivity contribution in [3.63, 3.8) is 0 Å². The van der Waals surface area contributed by atoms with Crippen LogP contribution in [0.3, 0.4) is 0 Å². The van der Waals surface area contributed by atoms with Crippen LogP contribution in [0, 0.1) is 13.8 Å². The molecule has 1 heterocycles. The highest BCUT2D eigenvalue weighted by atomic mass is 35.5. The maximum Gasteiger partial charge on any atom is 0.282 e. The largest absolute Gasteiger partial charge is 0.368 e. The number of carbonyl (C=O) groups excluding carboxylic acids is 1. The lowest BCUT2D eigenvalue weighted by Crippen LogP contribution is -2.16. The van der Waals surface area contributed by atoms with E-state index in [1.807, 2.05) is 32.0 Å². The summed E-state index contributed by atoms with van der Waals surface area (Å²) in [6.07, 6.45) is 0. The number of carbonyl (C=O) groups is 1. The topological polar surface area (TPSA) is 73.8 Å². The molecular formula is C17H14Cl2N4O. The lowest BCUT2D eigenvalue weighted by Gasteiger charge is -2.04. The zero-order valence-corrected chi connectivity index (χ0v) is 14.6. The van der Waals surface area contributed by atoms with Crippen LogP contribution in [0.15, 0.2) is 36.4 Å². The van der Waals surface area contributed by atoms with E-state index >= 15 is 0 Å². The molecule has 3 aromatic rings. The molecule has 2 aromatic carbocycles. The van der Waals surface area contributed by atoms with Crippen LogP contribution in [0.4, 0.5) is 5.95 Å². The second-order valence-corrected chi connectivity index (χ2v) is 6.28. The first kappa shape index (κ1) is 16.5. The van der Waals surface area contributed by atoms with Crippen molar-refractivity contribution in [3.05, 3.63) is 63.1 Å². The van der Waals surface area contributed by atoms with Crippen molar-refractivity contribution in [1.29, 1.82) is 0 Å². The molecule has 0 unspecified atom stereocenters. The van der Waals surface area contributed by atoms with Crippen LogP contribution in [0.2, 0.25) is 10.0 Å². The quantitative estimate of drug-likeness (QED) is 0.745. The normalized spacial score (nSPS) is 10.8. The van der Waals surface area contributed by atoms with Crippen molar-refractivity contribution < 1.29 is 4.79 Å². The van der Waals surface area contributed by atoms with Crippen LogP contribution in [-0.2, 0) is 0 Å². The van der Waals surface area contributed by atoms with Gasteiger partial charge in [0.1, 0.15) is 0 Å². The van der Waals surface area contributed by atoms with Crippen LogP contribution in [0.5, 0.6) is 0 Å². The highest BCUT2D eigenvalue weighted by Crippen LogP contribution is 2.24. The standard InChI is InChI=1S/C17H14Cl2N4O/c1-9-3-4-11(7-10(9)2)15-21-17(20)23(22-15)16(24)13-6-5-12(18)8-14(13)19/h3-8H,1-2H3,(H2,20,21,22). The lowest BCUT2D eigenvalue weighted by molar-refractivity contribution is 0.0948. The molecule has 3 rings (SSSR count). The molecule has 0 amide bonds. The van der Waals surface area contributed by atoms with E-state index in [2.05, 4.69) is 10.1 Å². The molecule has 0 bridgehead atoms. The number of nitrogen functional groups attached to an aromatic ring is 1. The summed E-state index contributed by atoms with van der Waals surface area (Å²) in [5.41, 5.74) is 9.18. The Balaban J connectivity index is 2.02. The van der Waals surface area contributed by atoms with Gasteiger partial charge in [0.15, 0.2) is 5.82 Å². The number of halogens is 2. The van der Waals surface area contributed by atoms with Gasteiger partial charge in [0.25, 0.3) is 5.91 Å². The zero-order chi connectivity index (χ0) is 17.4. The van der Waals surface area contributed by atoms with E-state index in [9.17, 15) is 4.79 Å². The van der Waals surface area contributed by atoms with E-state index in [4.69, 9.17) is 28.9 Å². The summed E-state index contributed by atoms with van der Waals surface area (Å²) in [6, 6.07) is 10.4. The van der Waals surface area contributed by atoms with Gasteiger partial charge < -0.3 is 5.73 Å². The van der Waals surface area contributed by atoms with E-state index in [0.29, 0.717) is 10.8 Å². The maximum absolute atomic E-state index is 12.6. The Morgan fingerprint density at radius 3 is 2.50 bits per heavy atom. The highest BCUT2D eigenvalue weighted by Gasteiger charge is 2.19. The van der Waals surface area contributed by atoms with Gasteiger partial charge in [0, 0.05) is 10.6 Å². The molecule has 0 atom stereocenters. The molecule has 1 aromatic heterocycles. The smallest absolute Gasteiger partial charge is 0.282 e. The van der Waals surface area contributed by atoms with Gasteiger partial charge in [0.05, 0.1) is 10.6 Å². The van der Waals surface area contributed by atoms with Crippen molar-refractivity contribution >= 4 is 35.1 Å². The van der Waals surface area contributed by atoms with E-state index in [1.54, 1.807) is 6.07 Å². The number of hydrogen-bond donors (Lipinski definition) is 1. The van der Waals surface area contributed by atoms with Gasteiger partial charge in [-0.05, 0) is 49.2 Å². The Hall–Kier alpha value is -2.37. The first-order valence-electron chi connectivity index (χ1n) is 7.16. The number of aryl methyl sites for hydroxylation is 2. The Morgan fingerprint density at radius 1 is 1.08 bits per heavy atom. The Morgan fingerprint density at radius 2 is 1.83 bits per heavy atom. The maximum atomic E-state index is 12.6. The Bertz CT molecular complexity index is 950. The van der Waals surface area contributed by atoms with Gasteiger partial charge in [-0.15, -0.1) is 5.10 Å². The number of nitrogens with zero attached hydrogens (tertiary/aromatic N) is 3. The van der Waals surface area contributed by atoms with E-state index in [0.717, 1.165) is 21.4 Å². The Labute approximate surface area is 149 Å². The molecule has 7 heteroatoms. The fraction of sp³-hybridized carbons (Fsp3) is 0.118. The average molecular weight is 361 g/mol. The third-order valence-electron chi connectivity index (χ3n) is 3.75. The van der Waals surface area contributed by atoms with Crippen molar-refractivity contribution in [2.24, 2.45) is 0 Å². The molecule has 122 valence electrons. The summed E-state index contributed by atoms with van der Waals surface area (Å²) in [7, 11) is 0. The van der Waals surface area contributed by atoms with Gasteiger partial charge in [0.2, 0.25) is 5.95 Å².